The number of thioether (sulfide) groups is 1. The average molecular weight is 476 g/mol. The molecule has 1 amide bonds. The minimum absolute atomic E-state index is 0.0171. The van der Waals surface area contributed by atoms with Crippen LogP contribution < -0.4 is 5.32 Å². The lowest BCUT2D eigenvalue weighted by Crippen LogP contribution is -2.30. The summed E-state index contributed by atoms with van der Waals surface area (Å²) in [4.78, 5) is 17.3. The molecule has 0 saturated heterocycles. The van der Waals surface area contributed by atoms with E-state index in [4.69, 9.17) is 11.6 Å². The van der Waals surface area contributed by atoms with Gasteiger partial charge in [-0.2, -0.15) is 0 Å². The number of rotatable bonds is 7. The third-order valence-corrected chi connectivity index (χ3v) is 7.15. The molecular formula is C25H22ClN5OS. The molecule has 1 fully saturated rings. The van der Waals surface area contributed by atoms with Gasteiger partial charge in [0.05, 0.1) is 5.69 Å². The quantitative estimate of drug-likeness (QED) is 0.362. The Balaban J connectivity index is 1.61. The maximum Gasteiger partial charge on any atom is 0.238 e. The van der Waals surface area contributed by atoms with Crippen molar-refractivity contribution in [2.24, 2.45) is 0 Å². The van der Waals surface area contributed by atoms with Gasteiger partial charge in [0, 0.05) is 29.0 Å². The summed E-state index contributed by atoms with van der Waals surface area (Å²) in [5, 5.41) is 13.0. The lowest BCUT2D eigenvalue weighted by atomic mass is 10.1. The third-order valence-electron chi connectivity index (χ3n) is 5.54. The molecule has 6 nitrogen and oxygen atoms in total. The molecule has 0 aliphatic heterocycles. The first-order valence-electron chi connectivity index (χ1n) is 10.7. The number of carbonyl (C=O) groups excluding carboxylic acids is 1. The molecule has 1 aliphatic rings. The van der Waals surface area contributed by atoms with E-state index in [0.717, 1.165) is 35.2 Å². The predicted octanol–water partition coefficient (Wildman–Crippen LogP) is 5.40. The van der Waals surface area contributed by atoms with Crippen LogP contribution in [0.25, 0.3) is 17.1 Å². The standard InChI is InChI=1S/C25H22ClN5OS/c1-16-20(26)8-5-9-21(16)31-23(18-12-14-27-15-13-18)29-30-25(31)33-22(17-6-3-2-4-7-17)24(32)28-19-10-11-19/h2-9,12-15,19,22H,10-11H2,1H3,(H,28,32). The Bertz CT molecular complexity index is 1270. The minimum Gasteiger partial charge on any atom is -0.352 e. The Morgan fingerprint density at radius 1 is 1.06 bits per heavy atom. The summed E-state index contributed by atoms with van der Waals surface area (Å²) in [5.74, 6) is 0.649. The fourth-order valence-electron chi connectivity index (χ4n) is 3.60. The highest BCUT2D eigenvalue weighted by molar-refractivity contribution is 8.00. The van der Waals surface area contributed by atoms with Gasteiger partial charge in [-0.3, -0.25) is 14.3 Å². The number of nitrogens with zero attached hydrogens (tertiary/aromatic N) is 4. The number of amides is 1. The van der Waals surface area contributed by atoms with E-state index in [-0.39, 0.29) is 11.9 Å². The Morgan fingerprint density at radius 3 is 2.55 bits per heavy atom. The van der Waals surface area contributed by atoms with Crippen molar-refractivity contribution in [2.45, 2.75) is 36.2 Å². The first-order chi connectivity index (χ1) is 16.1. The van der Waals surface area contributed by atoms with Crippen LogP contribution in [0.1, 0.15) is 29.2 Å². The normalized spacial score (nSPS) is 14.1. The molecule has 1 unspecified atom stereocenters. The second kappa shape index (κ2) is 9.37. The van der Waals surface area contributed by atoms with Crippen molar-refractivity contribution < 1.29 is 4.79 Å². The number of pyridine rings is 1. The number of hydrogen-bond acceptors (Lipinski definition) is 5. The van der Waals surface area contributed by atoms with Gasteiger partial charge in [0.1, 0.15) is 5.25 Å². The van der Waals surface area contributed by atoms with Gasteiger partial charge in [-0.05, 0) is 55.2 Å². The van der Waals surface area contributed by atoms with E-state index < -0.39 is 5.25 Å². The van der Waals surface area contributed by atoms with E-state index >= 15 is 0 Å². The zero-order chi connectivity index (χ0) is 22.8. The molecule has 1 atom stereocenters. The number of hydrogen-bond donors (Lipinski definition) is 1. The van der Waals surface area contributed by atoms with Crippen LogP contribution in [0.15, 0.2) is 78.2 Å². The maximum atomic E-state index is 13.2. The van der Waals surface area contributed by atoms with Crippen molar-refractivity contribution in [1.29, 1.82) is 0 Å². The van der Waals surface area contributed by atoms with Gasteiger partial charge < -0.3 is 5.32 Å². The Hall–Kier alpha value is -3.16. The lowest BCUT2D eigenvalue weighted by molar-refractivity contribution is -0.120. The van der Waals surface area contributed by atoms with Crippen molar-refractivity contribution in [2.75, 3.05) is 0 Å². The summed E-state index contributed by atoms with van der Waals surface area (Å²) in [5.41, 5.74) is 3.58. The second-order valence-corrected chi connectivity index (χ2v) is 9.43. The van der Waals surface area contributed by atoms with E-state index in [2.05, 4.69) is 20.5 Å². The highest BCUT2D eigenvalue weighted by Crippen LogP contribution is 2.39. The molecule has 5 rings (SSSR count). The van der Waals surface area contributed by atoms with Gasteiger partial charge in [-0.25, -0.2) is 0 Å². The zero-order valence-corrected chi connectivity index (χ0v) is 19.6. The number of aromatic nitrogens is 4. The predicted molar refractivity (Wildman–Crippen MR) is 131 cm³/mol. The van der Waals surface area contributed by atoms with E-state index in [1.807, 2.05) is 72.2 Å². The van der Waals surface area contributed by atoms with Crippen molar-refractivity contribution in [3.63, 3.8) is 0 Å². The molecule has 2 aromatic heterocycles. The van der Waals surface area contributed by atoms with E-state index in [1.54, 1.807) is 12.4 Å². The summed E-state index contributed by atoms with van der Waals surface area (Å²) >= 11 is 7.85. The van der Waals surface area contributed by atoms with Crippen molar-refractivity contribution in [3.05, 3.63) is 89.2 Å². The molecule has 166 valence electrons. The molecule has 1 saturated carbocycles. The molecular weight excluding hydrogens is 454 g/mol. The first-order valence-corrected chi connectivity index (χ1v) is 12.0. The van der Waals surface area contributed by atoms with Crippen LogP contribution in [0.5, 0.6) is 0 Å². The first kappa shape index (κ1) is 21.7. The smallest absolute Gasteiger partial charge is 0.238 e. The topological polar surface area (TPSA) is 72.7 Å². The fraction of sp³-hybridized carbons (Fsp3) is 0.200. The van der Waals surface area contributed by atoms with Gasteiger partial charge in [0.15, 0.2) is 11.0 Å². The Labute approximate surface area is 201 Å². The molecule has 33 heavy (non-hydrogen) atoms. The maximum absolute atomic E-state index is 13.2. The highest BCUT2D eigenvalue weighted by atomic mass is 35.5. The van der Waals surface area contributed by atoms with Crippen LogP contribution in [-0.4, -0.2) is 31.7 Å². The van der Waals surface area contributed by atoms with Gasteiger partial charge in [-0.1, -0.05) is 59.8 Å². The molecule has 2 heterocycles. The summed E-state index contributed by atoms with van der Waals surface area (Å²) in [6.07, 6.45) is 5.51. The second-order valence-electron chi connectivity index (χ2n) is 7.95. The van der Waals surface area contributed by atoms with Crippen LogP contribution in [0.3, 0.4) is 0 Å². The molecule has 0 spiro atoms. The van der Waals surface area contributed by atoms with Gasteiger partial charge >= 0.3 is 0 Å². The van der Waals surface area contributed by atoms with Gasteiger partial charge in [-0.15, -0.1) is 10.2 Å². The van der Waals surface area contributed by atoms with Crippen molar-refractivity contribution >= 4 is 29.3 Å². The van der Waals surface area contributed by atoms with E-state index in [9.17, 15) is 4.79 Å². The summed E-state index contributed by atoms with van der Waals surface area (Å²) in [6, 6.07) is 19.6. The average Bonchev–Trinajstić information content (AvgIpc) is 3.56. The molecule has 1 N–H and O–H groups in total. The molecule has 0 bridgehead atoms. The van der Waals surface area contributed by atoms with Crippen LogP contribution in [-0.2, 0) is 4.79 Å². The van der Waals surface area contributed by atoms with Gasteiger partial charge in [0.2, 0.25) is 5.91 Å². The van der Waals surface area contributed by atoms with E-state index in [0.29, 0.717) is 16.0 Å². The number of benzene rings is 2. The monoisotopic (exact) mass is 475 g/mol. The number of nitrogens with one attached hydrogen (secondary N) is 1. The Morgan fingerprint density at radius 2 is 1.82 bits per heavy atom. The molecule has 2 aromatic carbocycles. The fourth-order valence-corrected chi connectivity index (χ4v) is 4.83. The summed E-state index contributed by atoms with van der Waals surface area (Å²) < 4.78 is 1.97. The third kappa shape index (κ3) is 4.65. The SMILES string of the molecule is Cc1c(Cl)cccc1-n1c(SC(C(=O)NC2CC2)c2ccccc2)nnc1-c1ccncc1. The minimum atomic E-state index is -0.459. The molecule has 1 aliphatic carbocycles. The Kier molecular flexibility index (Phi) is 6.15. The number of carbonyl (C=O) groups is 1. The van der Waals surface area contributed by atoms with Crippen LogP contribution in [0.4, 0.5) is 0 Å². The van der Waals surface area contributed by atoms with Crippen LogP contribution in [0.2, 0.25) is 5.02 Å². The zero-order valence-electron chi connectivity index (χ0n) is 18.0. The van der Waals surface area contributed by atoms with Gasteiger partial charge in [0.25, 0.3) is 0 Å². The summed E-state index contributed by atoms with van der Waals surface area (Å²) in [7, 11) is 0. The molecule has 8 heteroatoms. The van der Waals surface area contributed by atoms with Crippen molar-refractivity contribution in [3.8, 4) is 17.1 Å². The van der Waals surface area contributed by atoms with Crippen LogP contribution >= 0.6 is 23.4 Å². The molecule has 0 radical (unpaired) electrons. The molecule has 4 aromatic rings. The largest absolute Gasteiger partial charge is 0.352 e. The summed E-state index contributed by atoms with van der Waals surface area (Å²) in [6.45, 7) is 1.97. The van der Waals surface area contributed by atoms with E-state index in [1.165, 1.54) is 11.8 Å². The number of halogens is 1. The highest BCUT2D eigenvalue weighted by Gasteiger charge is 2.31. The van der Waals surface area contributed by atoms with Crippen molar-refractivity contribution in [1.82, 2.24) is 25.1 Å². The lowest BCUT2D eigenvalue weighted by Gasteiger charge is -2.18. The van der Waals surface area contributed by atoms with Crippen LogP contribution in [0, 0.1) is 6.92 Å².